The second kappa shape index (κ2) is 11.1. The molecule has 0 aromatic heterocycles. The van der Waals surface area contributed by atoms with Crippen molar-refractivity contribution in [1.82, 2.24) is 20.4 Å². The van der Waals surface area contributed by atoms with Crippen LogP contribution in [-0.2, 0) is 0 Å². The van der Waals surface area contributed by atoms with E-state index in [-0.39, 0.29) is 0 Å². The first-order valence-corrected chi connectivity index (χ1v) is 11.0. The van der Waals surface area contributed by atoms with Gasteiger partial charge in [0.15, 0.2) is 5.96 Å². The summed E-state index contributed by atoms with van der Waals surface area (Å²) in [7, 11) is 0. The zero-order valence-electron chi connectivity index (χ0n) is 17.9. The van der Waals surface area contributed by atoms with E-state index in [1.165, 1.54) is 52.0 Å². The minimum Gasteiger partial charge on any atom is -0.357 e. The predicted molar refractivity (Wildman–Crippen MR) is 113 cm³/mol. The molecule has 152 valence electrons. The average Bonchev–Trinajstić information content (AvgIpc) is 2.58. The van der Waals surface area contributed by atoms with Crippen LogP contribution in [0.2, 0.25) is 0 Å². The molecule has 0 aromatic carbocycles. The largest absolute Gasteiger partial charge is 0.357 e. The molecule has 2 saturated heterocycles. The fourth-order valence-corrected chi connectivity index (χ4v) is 4.53. The second-order valence-corrected chi connectivity index (χ2v) is 8.87. The average molecular weight is 366 g/mol. The van der Waals surface area contributed by atoms with Crippen molar-refractivity contribution in [2.75, 3.05) is 45.8 Å². The molecular weight excluding hydrogens is 322 g/mol. The molecule has 2 aliphatic rings. The van der Waals surface area contributed by atoms with Crippen molar-refractivity contribution in [3.63, 3.8) is 0 Å². The molecule has 0 aliphatic carbocycles. The van der Waals surface area contributed by atoms with Crippen LogP contribution in [0.1, 0.15) is 60.3 Å². The van der Waals surface area contributed by atoms with E-state index in [9.17, 15) is 0 Å². The molecular formula is C21H43N5. The van der Waals surface area contributed by atoms with Gasteiger partial charge in [0.2, 0.25) is 0 Å². The lowest BCUT2D eigenvalue weighted by molar-refractivity contribution is 0.140. The molecule has 2 N–H and O–H groups in total. The Balaban J connectivity index is 1.71. The van der Waals surface area contributed by atoms with Gasteiger partial charge in [-0.1, -0.05) is 13.8 Å². The van der Waals surface area contributed by atoms with Gasteiger partial charge in [-0.15, -0.1) is 0 Å². The van der Waals surface area contributed by atoms with Gasteiger partial charge < -0.3 is 20.4 Å². The summed E-state index contributed by atoms with van der Waals surface area (Å²) in [5, 5.41) is 7.10. The third-order valence-electron chi connectivity index (χ3n) is 5.79. The summed E-state index contributed by atoms with van der Waals surface area (Å²) in [5.41, 5.74) is 0. The van der Waals surface area contributed by atoms with Gasteiger partial charge in [0, 0.05) is 51.4 Å². The van der Waals surface area contributed by atoms with Crippen LogP contribution in [0.5, 0.6) is 0 Å². The van der Waals surface area contributed by atoms with Gasteiger partial charge in [0.05, 0.1) is 0 Å². The first kappa shape index (κ1) is 21.5. The van der Waals surface area contributed by atoms with Gasteiger partial charge in [0.1, 0.15) is 0 Å². The first-order chi connectivity index (χ1) is 12.5. The van der Waals surface area contributed by atoms with Gasteiger partial charge in [-0.3, -0.25) is 4.99 Å². The summed E-state index contributed by atoms with van der Waals surface area (Å²) in [6.45, 7) is 19.5. The van der Waals surface area contributed by atoms with Crippen LogP contribution < -0.4 is 10.6 Å². The molecule has 0 amide bonds. The molecule has 5 nitrogen and oxygen atoms in total. The van der Waals surface area contributed by atoms with Crippen LogP contribution in [0, 0.1) is 11.8 Å². The van der Waals surface area contributed by atoms with E-state index in [4.69, 9.17) is 4.99 Å². The van der Waals surface area contributed by atoms with Gasteiger partial charge in [-0.25, -0.2) is 0 Å². The Labute approximate surface area is 162 Å². The van der Waals surface area contributed by atoms with Crippen molar-refractivity contribution in [1.29, 1.82) is 0 Å². The van der Waals surface area contributed by atoms with Crippen LogP contribution in [0.25, 0.3) is 0 Å². The molecule has 2 atom stereocenters. The smallest absolute Gasteiger partial charge is 0.191 e. The van der Waals surface area contributed by atoms with Crippen molar-refractivity contribution < 1.29 is 0 Å². The zero-order valence-corrected chi connectivity index (χ0v) is 17.9. The van der Waals surface area contributed by atoms with Crippen molar-refractivity contribution in [2.24, 2.45) is 16.8 Å². The maximum atomic E-state index is 4.84. The number of nitrogens with one attached hydrogen (secondary N) is 2. The van der Waals surface area contributed by atoms with E-state index < -0.39 is 0 Å². The van der Waals surface area contributed by atoms with Crippen LogP contribution >= 0.6 is 0 Å². The Morgan fingerprint density at radius 3 is 2.35 bits per heavy atom. The zero-order chi connectivity index (χ0) is 18.9. The van der Waals surface area contributed by atoms with Crippen molar-refractivity contribution >= 4 is 5.96 Å². The number of hydrogen-bond acceptors (Lipinski definition) is 3. The van der Waals surface area contributed by atoms with E-state index in [0.717, 1.165) is 37.3 Å². The number of hydrogen-bond donors (Lipinski definition) is 2. The molecule has 2 rings (SSSR count). The van der Waals surface area contributed by atoms with E-state index in [2.05, 4.69) is 55.1 Å². The molecule has 0 aromatic rings. The lowest BCUT2D eigenvalue weighted by Gasteiger charge is -2.35. The lowest BCUT2D eigenvalue weighted by atomic mass is 9.92. The normalized spacial score (nSPS) is 27.1. The van der Waals surface area contributed by atoms with Crippen LogP contribution in [0.15, 0.2) is 4.99 Å². The third kappa shape index (κ3) is 7.43. The second-order valence-electron chi connectivity index (χ2n) is 8.87. The number of piperidine rings is 2. The minimum absolute atomic E-state index is 0.562. The number of likely N-dealkylation sites (tertiary alicyclic amines) is 2. The van der Waals surface area contributed by atoms with E-state index in [1.807, 2.05) is 0 Å². The van der Waals surface area contributed by atoms with E-state index in [0.29, 0.717) is 12.1 Å². The summed E-state index contributed by atoms with van der Waals surface area (Å²) in [5.74, 6) is 2.70. The summed E-state index contributed by atoms with van der Waals surface area (Å²) < 4.78 is 0. The SMILES string of the molecule is CCNC(=NCCCN1CC(C)CC(C)C1)NC1CCN(C(C)C)CC1. The van der Waals surface area contributed by atoms with Gasteiger partial charge in [-0.05, 0) is 64.8 Å². The molecule has 0 radical (unpaired) electrons. The first-order valence-electron chi connectivity index (χ1n) is 11.0. The quantitative estimate of drug-likeness (QED) is 0.414. The highest BCUT2D eigenvalue weighted by Crippen LogP contribution is 2.20. The highest BCUT2D eigenvalue weighted by atomic mass is 15.2. The molecule has 26 heavy (non-hydrogen) atoms. The number of guanidine groups is 1. The lowest BCUT2D eigenvalue weighted by Crippen LogP contribution is -2.49. The van der Waals surface area contributed by atoms with Gasteiger partial charge in [-0.2, -0.15) is 0 Å². The van der Waals surface area contributed by atoms with Crippen molar-refractivity contribution in [3.05, 3.63) is 0 Å². The van der Waals surface area contributed by atoms with Crippen molar-refractivity contribution in [2.45, 2.75) is 72.4 Å². The molecule has 0 saturated carbocycles. The van der Waals surface area contributed by atoms with Gasteiger partial charge in [0.25, 0.3) is 0 Å². The third-order valence-corrected chi connectivity index (χ3v) is 5.79. The Morgan fingerprint density at radius 1 is 1.12 bits per heavy atom. The topological polar surface area (TPSA) is 42.9 Å². The molecule has 0 spiro atoms. The van der Waals surface area contributed by atoms with Crippen LogP contribution in [0.3, 0.4) is 0 Å². The maximum Gasteiger partial charge on any atom is 0.191 e. The Hall–Kier alpha value is -0.810. The Bertz CT molecular complexity index is 405. The standard InChI is InChI=1S/C21H43N5/c1-6-22-21(24-20-8-12-26(13-9-20)17(2)3)23-10-7-11-25-15-18(4)14-19(5)16-25/h17-20H,6-16H2,1-5H3,(H2,22,23,24). The van der Waals surface area contributed by atoms with E-state index in [1.54, 1.807) is 0 Å². The predicted octanol–water partition coefficient (Wildman–Crippen LogP) is 2.78. The minimum atomic E-state index is 0.562. The van der Waals surface area contributed by atoms with E-state index >= 15 is 0 Å². The molecule has 5 heteroatoms. The highest BCUT2D eigenvalue weighted by Gasteiger charge is 2.22. The number of nitrogens with zero attached hydrogens (tertiary/aromatic N) is 3. The molecule has 2 heterocycles. The number of aliphatic imine (C=N–C) groups is 1. The fourth-order valence-electron chi connectivity index (χ4n) is 4.53. The number of rotatable bonds is 7. The van der Waals surface area contributed by atoms with Crippen LogP contribution in [0.4, 0.5) is 0 Å². The summed E-state index contributed by atoms with van der Waals surface area (Å²) >= 11 is 0. The summed E-state index contributed by atoms with van der Waals surface area (Å²) in [4.78, 5) is 10.0. The summed E-state index contributed by atoms with van der Waals surface area (Å²) in [6.07, 6.45) is 4.97. The fraction of sp³-hybridized carbons (Fsp3) is 0.952. The monoisotopic (exact) mass is 365 g/mol. The van der Waals surface area contributed by atoms with Gasteiger partial charge >= 0.3 is 0 Å². The molecule has 0 bridgehead atoms. The van der Waals surface area contributed by atoms with Crippen LogP contribution in [-0.4, -0.2) is 73.7 Å². The highest BCUT2D eigenvalue weighted by molar-refractivity contribution is 5.80. The summed E-state index contributed by atoms with van der Waals surface area (Å²) in [6, 6.07) is 1.23. The van der Waals surface area contributed by atoms with Crippen molar-refractivity contribution in [3.8, 4) is 0 Å². The Morgan fingerprint density at radius 2 is 1.77 bits per heavy atom. The molecule has 2 fully saturated rings. The molecule has 2 unspecified atom stereocenters. The Kier molecular flexibility index (Phi) is 9.20. The maximum absolute atomic E-state index is 4.84. The molecule has 2 aliphatic heterocycles.